The maximum atomic E-state index is 13.5. The summed E-state index contributed by atoms with van der Waals surface area (Å²) in [7, 11) is 4.07. The van der Waals surface area contributed by atoms with Crippen LogP contribution in [0.25, 0.3) is 27.5 Å². The molecule has 0 saturated carbocycles. The smallest absolute Gasteiger partial charge is 0.346 e. The van der Waals surface area contributed by atoms with Crippen molar-refractivity contribution < 1.29 is 13.2 Å². The molecule has 5 rings (SSSR count). The zero-order chi connectivity index (χ0) is 26.3. The largest absolute Gasteiger partial charge is 0.416 e. The number of benzene rings is 2. The molecule has 2 aromatic carbocycles. The maximum Gasteiger partial charge on any atom is 0.416 e. The van der Waals surface area contributed by atoms with Gasteiger partial charge in [0.2, 0.25) is 0 Å². The minimum atomic E-state index is -4.47. The van der Waals surface area contributed by atoms with E-state index in [1.165, 1.54) is 28.2 Å². The Hall–Kier alpha value is -3.50. The van der Waals surface area contributed by atoms with E-state index in [1.54, 1.807) is 12.1 Å². The fraction of sp³-hybridized carbons (Fsp3) is 0.296. The fourth-order valence-electron chi connectivity index (χ4n) is 4.50. The fourth-order valence-corrected chi connectivity index (χ4v) is 5.59. The Kier molecular flexibility index (Phi) is 6.63. The van der Waals surface area contributed by atoms with Gasteiger partial charge in [-0.25, -0.2) is 4.98 Å². The van der Waals surface area contributed by atoms with Crippen LogP contribution in [-0.2, 0) is 6.18 Å². The van der Waals surface area contributed by atoms with Crippen molar-refractivity contribution in [2.45, 2.75) is 25.6 Å². The highest BCUT2D eigenvalue weighted by atomic mass is 32.1. The topological polar surface area (TPSA) is 54.3 Å². The van der Waals surface area contributed by atoms with Crippen LogP contribution in [0.2, 0.25) is 0 Å². The molecular weight excluding hydrogens is 499 g/mol. The molecular formula is C27H26F3N5OS. The van der Waals surface area contributed by atoms with Crippen molar-refractivity contribution in [3.8, 4) is 27.5 Å². The second-order valence-corrected chi connectivity index (χ2v) is 10.3. The van der Waals surface area contributed by atoms with E-state index in [2.05, 4.69) is 14.9 Å². The summed E-state index contributed by atoms with van der Waals surface area (Å²) in [6.07, 6.45) is -3.50. The summed E-state index contributed by atoms with van der Waals surface area (Å²) in [5.41, 5.74) is 1.74. The number of nitrogens with zero attached hydrogens (tertiary/aromatic N) is 5. The molecule has 1 aliphatic rings. The van der Waals surface area contributed by atoms with E-state index in [0.717, 1.165) is 42.3 Å². The summed E-state index contributed by atoms with van der Waals surface area (Å²) in [5.74, 6) is 0. The minimum Gasteiger partial charge on any atom is -0.346 e. The number of aryl methyl sites for hydroxylation is 1. The predicted octanol–water partition coefficient (Wildman–Crippen LogP) is 5.49. The van der Waals surface area contributed by atoms with Gasteiger partial charge in [0.15, 0.2) is 5.13 Å². The van der Waals surface area contributed by atoms with Gasteiger partial charge in [0.05, 0.1) is 21.8 Å². The van der Waals surface area contributed by atoms with Gasteiger partial charge >= 0.3 is 6.18 Å². The van der Waals surface area contributed by atoms with Gasteiger partial charge in [-0.05, 0) is 57.3 Å². The number of rotatable bonds is 5. The number of halogens is 3. The lowest BCUT2D eigenvalue weighted by atomic mass is 10.1. The molecule has 0 N–H and O–H groups in total. The number of hydrogen-bond acceptors (Lipinski definition) is 6. The van der Waals surface area contributed by atoms with Crippen LogP contribution >= 0.6 is 11.3 Å². The Morgan fingerprint density at radius 1 is 1.05 bits per heavy atom. The van der Waals surface area contributed by atoms with Crippen LogP contribution in [0.5, 0.6) is 0 Å². The zero-order valence-corrected chi connectivity index (χ0v) is 21.5. The third-order valence-electron chi connectivity index (χ3n) is 6.62. The number of thiazole rings is 1. The van der Waals surface area contributed by atoms with Crippen LogP contribution in [0, 0.1) is 6.92 Å². The molecule has 1 aliphatic heterocycles. The van der Waals surface area contributed by atoms with Crippen molar-refractivity contribution in [1.82, 2.24) is 19.7 Å². The highest BCUT2D eigenvalue weighted by Crippen LogP contribution is 2.42. The van der Waals surface area contributed by atoms with Gasteiger partial charge in [0, 0.05) is 30.8 Å². The van der Waals surface area contributed by atoms with Crippen LogP contribution < -0.4 is 10.5 Å². The van der Waals surface area contributed by atoms with E-state index in [-0.39, 0.29) is 5.56 Å². The molecule has 1 unspecified atom stereocenters. The first-order chi connectivity index (χ1) is 17.6. The summed E-state index contributed by atoms with van der Waals surface area (Å²) < 4.78 is 41.9. The van der Waals surface area contributed by atoms with Crippen molar-refractivity contribution in [1.29, 1.82) is 0 Å². The molecule has 1 fully saturated rings. The molecule has 6 nitrogen and oxygen atoms in total. The van der Waals surface area contributed by atoms with Crippen molar-refractivity contribution in [2.75, 3.05) is 32.1 Å². The van der Waals surface area contributed by atoms with Gasteiger partial charge in [-0.1, -0.05) is 41.7 Å². The Morgan fingerprint density at radius 3 is 2.54 bits per heavy atom. The highest BCUT2D eigenvalue weighted by molar-refractivity contribution is 7.19. The highest BCUT2D eigenvalue weighted by Gasteiger charge is 2.32. The van der Waals surface area contributed by atoms with E-state index in [9.17, 15) is 18.0 Å². The van der Waals surface area contributed by atoms with Crippen molar-refractivity contribution in [2.24, 2.45) is 0 Å². The molecule has 37 heavy (non-hydrogen) atoms. The minimum absolute atomic E-state index is 0.295. The molecule has 2 aromatic heterocycles. The van der Waals surface area contributed by atoms with Crippen molar-refractivity contribution in [3.05, 3.63) is 82.1 Å². The lowest BCUT2D eigenvalue weighted by Crippen LogP contribution is -2.31. The first-order valence-corrected chi connectivity index (χ1v) is 12.7. The van der Waals surface area contributed by atoms with Gasteiger partial charge in [-0.15, -0.1) is 0 Å². The normalized spacial score (nSPS) is 16.1. The number of para-hydroxylation sites is 1. The first-order valence-electron chi connectivity index (χ1n) is 11.9. The molecule has 192 valence electrons. The number of alkyl halides is 3. The van der Waals surface area contributed by atoms with Gasteiger partial charge in [0.25, 0.3) is 5.56 Å². The van der Waals surface area contributed by atoms with Crippen LogP contribution in [-0.4, -0.2) is 52.9 Å². The molecule has 0 aliphatic carbocycles. The molecule has 1 atom stereocenters. The first kappa shape index (κ1) is 25.2. The molecule has 3 heterocycles. The predicted molar refractivity (Wildman–Crippen MR) is 140 cm³/mol. The number of anilines is 1. The van der Waals surface area contributed by atoms with Crippen molar-refractivity contribution in [3.63, 3.8) is 0 Å². The summed E-state index contributed by atoms with van der Waals surface area (Å²) in [5, 5.41) is 5.36. The van der Waals surface area contributed by atoms with Crippen LogP contribution in [0.15, 0.2) is 65.5 Å². The van der Waals surface area contributed by atoms with Crippen LogP contribution in [0.4, 0.5) is 18.3 Å². The summed E-state index contributed by atoms with van der Waals surface area (Å²) in [6, 6.07) is 16.0. The molecule has 4 aromatic rings. The summed E-state index contributed by atoms with van der Waals surface area (Å²) in [6.45, 7) is 3.47. The maximum absolute atomic E-state index is 13.5. The standard InChI is InChI=1S/C27H26F3N5OS/c1-17-7-4-5-10-22(17)35-23(36)12-11-21(32-35)25-24(18-8-6-9-19(15-18)27(28,29)30)31-26(37-25)34-14-13-20(16-34)33(2)3/h4-12,15,20H,13-14,16H2,1-3H3. The monoisotopic (exact) mass is 525 g/mol. The van der Waals surface area contributed by atoms with Gasteiger partial charge in [-0.2, -0.15) is 23.0 Å². The molecule has 0 spiro atoms. The van der Waals surface area contributed by atoms with Gasteiger partial charge < -0.3 is 9.80 Å². The van der Waals surface area contributed by atoms with Gasteiger partial charge in [0.1, 0.15) is 5.69 Å². The number of aromatic nitrogens is 3. The third-order valence-corrected chi connectivity index (χ3v) is 7.76. The van der Waals surface area contributed by atoms with Gasteiger partial charge in [-0.3, -0.25) is 4.79 Å². The summed E-state index contributed by atoms with van der Waals surface area (Å²) >= 11 is 1.38. The van der Waals surface area contributed by atoms with Crippen molar-refractivity contribution >= 4 is 16.5 Å². The molecule has 0 amide bonds. The van der Waals surface area contributed by atoms with E-state index in [0.29, 0.717) is 33.6 Å². The Morgan fingerprint density at radius 2 is 1.84 bits per heavy atom. The van der Waals surface area contributed by atoms with E-state index >= 15 is 0 Å². The molecule has 1 saturated heterocycles. The lowest BCUT2D eigenvalue weighted by Gasteiger charge is -2.19. The van der Waals surface area contributed by atoms with E-state index in [1.807, 2.05) is 45.3 Å². The number of likely N-dealkylation sites (N-methyl/N-ethyl adjacent to an activating group) is 1. The SMILES string of the molecule is Cc1ccccc1-n1nc(-c2sc(N3CCC(N(C)C)C3)nc2-c2cccc(C(F)(F)F)c2)ccc1=O. The molecule has 0 radical (unpaired) electrons. The average molecular weight is 526 g/mol. The molecule has 0 bridgehead atoms. The summed E-state index contributed by atoms with van der Waals surface area (Å²) in [4.78, 5) is 22.5. The molecule has 10 heteroatoms. The van der Waals surface area contributed by atoms with E-state index < -0.39 is 11.7 Å². The third kappa shape index (κ3) is 5.03. The Balaban J connectivity index is 1.65. The van der Waals surface area contributed by atoms with Crippen LogP contribution in [0.1, 0.15) is 17.5 Å². The van der Waals surface area contributed by atoms with Crippen LogP contribution in [0.3, 0.4) is 0 Å². The Labute approximate surface area is 216 Å². The number of hydrogen-bond donors (Lipinski definition) is 0. The lowest BCUT2D eigenvalue weighted by molar-refractivity contribution is -0.137. The van der Waals surface area contributed by atoms with E-state index in [4.69, 9.17) is 4.98 Å². The zero-order valence-electron chi connectivity index (χ0n) is 20.7. The average Bonchev–Trinajstić information content (AvgIpc) is 3.53. The quantitative estimate of drug-likeness (QED) is 0.345. The second kappa shape index (κ2) is 9.75. The Bertz CT molecular complexity index is 1490. The second-order valence-electron chi connectivity index (χ2n) is 9.36.